The Hall–Kier alpha value is -3.20. The molecule has 1 aromatic heterocycles. The topological polar surface area (TPSA) is 102 Å². The number of thioether (sulfide) groups is 1. The second-order valence-electron chi connectivity index (χ2n) is 6.20. The first kappa shape index (κ1) is 19.6. The Labute approximate surface area is 166 Å². The summed E-state index contributed by atoms with van der Waals surface area (Å²) in [7, 11) is 0. The molecule has 0 saturated carbocycles. The maximum absolute atomic E-state index is 12.1. The van der Waals surface area contributed by atoms with Crippen LogP contribution in [0, 0.1) is 20.8 Å². The van der Waals surface area contributed by atoms with Crippen molar-refractivity contribution in [2.75, 3.05) is 11.1 Å². The van der Waals surface area contributed by atoms with Crippen molar-refractivity contribution in [3.8, 4) is 5.69 Å². The van der Waals surface area contributed by atoms with E-state index in [-0.39, 0.29) is 5.75 Å². The fraction of sp³-hybridized carbons (Fsp3) is 0.211. The lowest BCUT2D eigenvalue weighted by Gasteiger charge is -2.11. The summed E-state index contributed by atoms with van der Waals surface area (Å²) < 4.78 is 1.57. The summed E-state index contributed by atoms with van der Waals surface area (Å²) >= 11 is 1.15. The van der Waals surface area contributed by atoms with Gasteiger partial charge in [-0.3, -0.25) is 10.1 Å². The molecule has 0 spiro atoms. The molecule has 2 aromatic carbocycles. The van der Waals surface area contributed by atoms with Gasteiger partial charge in [-0.15, -0.1) is 5.10 Å². The number of nitrogens with one attached hydrogen (secondary N) is 2. The van der Waals surface area contributed by atoms with Crippen LogP contribution < -0.4 is 10.6 Å². The Morgan fingerprint density at radius 2 is 1.79 bits per heavy atom. The van der Waals surface area contributed by atoms with Gasteiger partial charge in [0.2, 0.25) is 11.1 Å². The minimum atomic E-state index is -0.571. The van der Waals surface area contributed by atoms with Crippen LogP contribution in [-0.2, 0) is 4.79 Å². The second-order valence-corrected chi connectivity index (χ2v) is 7.14. The van der Waals surface area contributed by atoms with E-state index >= 15 is 0 Å². The van der Waals surface area contributed by atoms with Crippen LogP contribution in [0.5, 0.6) is 0 Å². The number of hydrogen-bond acceptors (Lipinski definition) is 6. The van der Waals surface area contributed by atoms with Crippen molar-refractivity contribution < 1.29 is 9.59 Å². The maximum Gasteiger partial charge on any atom is 0.325 e. The summed E-state index contributed by atoms with van der Waals surface area (Å²) in [4.78, 5) is 24.2. The van der Waals surface area contributed by atoms with E-state index < -0.39 is 11.9 Å². The Morgan fingerprint density at radius 3 is 2.57 bits per heavy atom. The van der Waals surface area contributed by atoms with Crippen molar-refractivity contribution in [1.29, 1.82) is 0 Å². The number of rotatable bonds is 5. The quantitative estimate of drug-likeness (QED) is 0.643. The number of hydrogen-bond donors (Lipinski definition) is 2. The van der Waals surface area contributed by atoms with Gasteiger partial charge in [0.05, 0.1) is 11.4 Å². The number of nitrogens with zero attached hydrogens (tertiary/aromatic N) is 4. The van der Waals surface area contributed by atoms with Gasteiger partial charge in [0.1, 0.15) is 0 Å². The van der Waals surface area contributed by atoms with Crippen LogP contribution in [0.25, 0.3) is 5.69 Å². The van der Waals surface area contributed by atoms with E-state index in [0.717, 1.165) is 34.1 Å². The number of tetrazole rings is 1. The molecule has 0 saturated heterocycles. The zero-order valence-corrected chi connectivity index (χ0v) is 16.6. The zero-order chi connectivity index (χ0) is 20.1. The summed E-state index contributed by atoms with van der Waals surface area (Å²) in [5.41, 5.74) is 4.53. The lowest BCUT2D eigenvalue weighted by Crippen LogP contribution is -2.35. The number of aryl methyl sites for hydroxylation is 2. The fourth-order valence-corrected chi connectivity index (χ4v) is 3.24. The first-order valence-electron chi connectivity index (χ1n) is 8.60. The molecule has 0 bridgehead atoms. The highest BCUT2D eigenvalue weighted by Gasteiger charge is 2.15. The van der Waals surface area contributed by atoms with Gasteiger partial charge in [-0.05, 0) is 60.0 Å². The van der Waals surface area contributed by atoms with Crippen LogP contribution in [0.15, 0.2) is 47.6 Å². The number of carbonyl (C=O) groups excluding carboxylic acids is 2. The number of carbonyl (C=O) groups is 2. The molecule has 2 N–H and O–H groups in total. The number of amides is 3. The second kappa shape index (κ2) is 8.66. The van der Waals surface area contributed by atoms with Crippen molar-refractivity contribution >= 4 is 29.4 Å². The van der Waals surface area contributed by atoms with Gasteiger partial charge in [-0.2, -0.15) is 4.68 Å². The molecule has 0 atom stereocenters. The number of aromatic nitrogens is 4. The normalized spacial score (nSPS) is 10.5. The predicted molar refractivity (Wildman–Crippen MR) is 108 cm³/mol. The molecule has 9 heteroatoms. The largest absolute Gasteiger partial charge is 0.325 e. The third kappa shape index (κ3) is 4.55. The van der Waals surface area contributed by atoms with E-state index in [1.54, 1.807) is 10.7 Å². The van der Waals surface area contributed by atoms with E-state index in [9.17, 15) is 9.59 Å². The van der Waals surface area contributed by atoms with Crippen molar-refractivity contribution in [2.45, 2.75) is 25.9 Å². The first-order valence-corrected chi connectivity index (χ1v) is 9.58. The van der Waals surface area contributed by atoms with Crippen LogP contribution in [0.4, 0.5) is 10.5 Å². The maximum atomic E-state index is 12.1. The summed E-state index contributed by atoms with van der Waals surface area (Å²) in [5, 5.41) is 17.1. The molecule has 144 valence electrons. The predicted octanol–water partition coefficient (Wildman–Crippen LogP) is 3.03. The molecule has 0 aliphatic rings. The summed E-state index contributed by atoms with van der Waals surface area (Å²) in [6.45, 7) is 5.82. The van der Waals surface area contributed by atoms with Gasteiger partial charge in [-0.1, -0.05) is 42.1 Å². The molecule has 0 fully saturated rings. The smallest absolute Gasteiger partial charge is 0.307 e. The SMILES string of the molecule is Cc1ccccc1-n1nnnc1SCC(=O)NC(=O)Nc1cccc(C)c1C. The standard InChI is InChI=1S/C19H20N6O2S/c1-12-8-6-9-15(14(12)3)20-18(27)21-17(26)11-28-19-22-23-24-25(19)16-10-5-4-7-13(16)2/h4-10H,11H2,1-3H3,(H2,20,21,26,27). The third-order valence-electron chi connectivity index (χ3n) is 4.22. The molecule has 0 aliphatic carbocycles. The summed E-state index contributed by atoms with van der Waals surface area (Å²) in [5.74, 6) is -0.431. The van der Waals surface area contributed by atoms with Crippen molar-refractivity contribution in [3.63, 3.8) is 0 Å². The number of imide groups is 1. The Bertz CT molecular complexity index is 1020. The molecule has 0 unspecified atom stereocenters. The lowest BCUT2D eigenvalue weighted by atomic mass is 10.1. The minimum absolute atomic E-state index is 0.00642. The molecule has 3 aromatic rings. The first-order chi connectivity index (χ1) is 13.5. The average Bonchev–Trinajstić information content (AvgIpc) is 3.12. The van der Waals surface area contributed by atoms with Crippen molar-refractivity contribution in [1.82, 2.24) is 25.5 Å². The van der Waals surface area contributed by atoms with Crippen LogP contribution in [-0.4, -0.2) is 37.9 Å². The number of benzene rings is 2. The van der Waals surface area contributed by atoms with Crippen LogP contribution in [0.1, 0.15) is 16.7 Å². The van der Waals surface area contributed by atoms with Crippen LogP contribution in [0.3, 0.4) is 0 Å². The number of para-hydroxylation sites is 1. The number of urea groups is 1. The molecule has 28 heavy (non-hydrogen) atoms. The zero-order valence-electron chi connectivity index (χ0n) is 15.8. The van der Waals surface area contributed by atoms with Gasteiger partial charge in [0.15, 0.2) is 0 Å². The highest BCUT2D eigenvalue weighted by Crippen LogP contribution is 2.20. The molecular weight excluding hydrogens is 376 g/mol. The van der Waals surface area contributed by atoms with Gasteiger partial charge in [0.25, 0.3) is 0 Å². The third-order valence-corrected chi connectivity index (χ3v) is 5.14. The van der Waals surface area contributed by atoms with E-state index in [2.05, 4.69) is 26.2 Å². The molecule has 8 nitrogen and oxygen atoms in total. The number of anilines is 1. The molecule has 3 amide bonds. The fourth-order valence-electron chi connectivity index (χ4n) is 2.55. The highest BCUT2D eigenvalue weighted by atomic mass is 32.2. The Morgan fingerprint density at radius 1 is 1.04 bits per heavy atom. The van der Waals surface area contributed by atoms with Gasteiger partial charge < -0.3 is 5.32 Å². The van der Waals surface area contributed by atoms with Gasteiger partial charge >= 0.3 is 6.03 Å². The Kier molecular flexibility index (Phi) is 6.05. The summed E-state index contributed by atoms with van der Waals surface area (Å²) in [6.07, 6.45) is 0. The molecule has 1 heterocycles. The van der Waals surface area contributed by atoms with E-state index in [4.69, 9.17) is 0 Å². The average molecular weight is 396 g/mol. The van der Waals surface area contributed by atoms with Crippen LogP contribution in [0.2, 0.25) is 0 Å². The van der Waals surface area contributed by atoms with E-state index in [1.165, 1.54) is 0 Å². The molecule has 0 aliphatic heterocycles. The minimum Gasteiger partial charge on any atom is -0.307 e. The Balaban J connectivity index is 1.58. The van der Waals surface area contributed by atoms with Gasteiger partial charge in [-0.25, -0.2) is 4.79 Å². The van der Waals surface area contributed by atoms with Crippen LogP contribution >= 0.6 is 11.8 Å². The van der Waals surface area contributed by atoms with Gasteiger partial charge in [0, 0.05) is 5.69 Å². The van der Waals surface area contributed by atoms with Crippen molar-refractivity contribution in [3.05, 3.63) is 59.2 Å². The monoisotopic (exact) mass is 396 g/mol. The lowest BCUT2D eigenvalue weighted by molar-refractivity contribution is -0.117. The van der Waals surface area contributed by atoms with E-state index in [0.29, 0.717) is 10.8 Å². The van der Waals surface area contributed by atoms with E-state index in [1.807, 2.05) is 57.2 Å². The highest BCUT2D eigenvalue weighted by molar-refractivity contribution is 7.99. The van der Waals surface area contributed by atoms with Crippen molar-refractivity contribution in [2.24, 2.45) is 0 Å². The molecule has 0 radical (unpaired) electrons. The molecular formula is C19H20N6O2S. The summed E-state index contributed by atoms with van der Waals surface area (Å²) in [6, 6.07) is 12.7. The molecule has 3 rings (SSSR count).